The van der Waals surface area contributed by atoms with E-state index in [0.29, 0.717) is 47.8 Å². The first kappa shape index (κ1) is 21.9. The molecule has 2 amide bonds. The van der Waals surface area contributed by atoms with Gasteiger partial charge < -0.3 is 5.32 Å². The summed E-state index contributed by atoms with van der Waals surface area (Å²) >= 11 is 1.27. The van der Waals surface area contributed by atoms with Crippen LogP contribution < -0.4 is 10.6 Å². The first-order valence-corrected chi connectivity index (χ1v) is 10.6. The molecule has 5 nitrogen and oxygen atoms in total. The van der Waals surface area contributed by atoms with Crippen LogP contribution in [0, 0.1) is 5.82 Å². The smallest absolute Gasteiger partial charge is 0.325 e. The van der Waals surface area contributed by atoms with Crippen molar-refractivity contribution in [2.24, 2.45) is 0 Å². The molecule has 1 heterocycles. The number of nitrogens with one attached hydrogen (secondary N) is 2. The van der Waals surface area contributed by atoms with Gasteiger partial charge in [0.05, 0.1) is 17.2 Å². The largest absolute Gasteiger partial charge is 0.419 e. The Morgan fingerprint density at radius 1 is 1.06 bits per heavy atom. The minimum Gasteiger partial charge on any atom is -0.325 e. The number of alkyl halides is 3. The summed E-state index contributed by atoms with van der Waals surface area (Å²) in [7, 11) is 0. The number of carbonyl (C=O) groups excluding carboxylic acids is 2. The Kier molecular flexibility index (Phi) is 5.96. The molecule has 10 heteroatoms. The lowest BCUT2D eigenvalue weighted by Crippen LogP contribution is -2.25. The molecule has 1 atom stereocenters. The maximum atomic E-state index is 13.5. The Balaban J connectivity index is 1.52. The summed E-state index contributed by atoms with van der Waals surface area (Å²) in [4.78, 5) is 30.5. The van der Waals surface area contributed by atoms with Gasteiger partial charge in [-0.15, -0.1) is 11.3 Å². The molecule has 0 fully saturated rings. The quantitative estimate of drug-likeness (QED) is 0.494. The van der Waals surface area contributed by atoms with Crippen LogP contribution in [0.5, 0.6) is 0 Å². The molecular weight excluding hydrogens is 446 g/mol. The van der Waals surface area contributed by atoms with Gasteiger partial charge in [-0.1, -0.05) is 18.2 Å². The third-order valence-corrected chi connectivity index (χ3v) is 6.11. The number of nitrogens with zero attached hydrogens (tertiary/aromatic N) is 1. The van der Waals surface area contributed by atoms with Crippen molar-refractivity contribution in [2.75, 3.05) is 10.6 Å². The Bertz CT molecular complexity index is 1160. The van der Waals surface area contributed by atoms with Crippen LogP contribution in [0.25, 0.3) is 0 Å². The van der Waals surface area contributed by atoms with Gasteiger partial charge in [-0.3, -0.25) is 14.9 Å². The number of aryl methyl sites for hydroxylation is 1. The first-order chi connectivity index (χ1) is 15.2. The fraction of sp³-hybridized carbons (Fsp3) is 0.227. The predicted octanol–water partition coefficient (Wildman–Crippen LogP) is 5.61. The van der Waals surface area contributed by atoms with E-state index >= 15 is 0 Å². The second-order valence-electron chi connectivity index (χ2n) is 7.27. The molecule has 1 aliphatic carbocycles. The zero-order valence-electron chi connectivity index (χ0n) is 16.5. The van der Waals surface area contributed by atoms with E-state index in [1.54, 1.807) is 30.3 Å². The summed E-state index contributed by atoms with van der Waals surface area (Å²) in [6.07, 6.45) is -3.03. The third kappa shape index (κ3) is 4.64. The van der Waals surface area contributed by atoms with Crippen molar-refractivity contribution in [1.82, 2.24) is 4.98 Å². The van der Waals surface area contributed by atoms with Crippen LogP contribution in [0.15, 0.2) is 48.5 Å². The average molecular weight is 463 g/mol. The van der Waals surface area contributed by atoms with Crippen LogP contribution in [0.4, 0.5) is 28.4 Å². The van der Waals surface area contributed by atoms with Crippen molar-refractivity contribution in [3.63, 3.8) is 0 Å². The average Bonchev–Trinajstić information content (AvgIpc) is 3.17. The lowest BCUT2D eigenvalue weighted by Gasteiger charge is -2.20. The van der Waals surface area contributed by atoms with E-state index in [1.165, 1.54) is 11.3 Å². The van der Waals surface area contributed by atoms with Gasteiger partial charge in [0.15, 0.2) is 5.13 Å². The number of hydrogen-bond donors (Lipinski definition) is 2. The van der Waals surface area contributed by atoms with Crippen LogP contribution in [0.3, 0.4) is 0 Å². The van der Waals surface area contributed by atoms with Gasteiger partial charge in [-0.2, -0.15) is 13.2 Å². The third-order valence-electron chi connectivity index (χ3n) is 5.07. The van der Waals surface area contributed by atoms with Crippen molar-refractivity contribution >= 4 is 34.0 Å². The molecule has 3 aromatic rings. The summed E-state index contributed by atoms with van der Waals surface area (Å²) in [5.74, 6) is -2.95. The van der Waals surface area contributed by atoms with Crippen LogP contribution in [-0.2, 0) is 17.4 Å². The van der Waals surface area contributed by atoms with E-state index in [4.69, 9.17) is 0 Å². The Morgan fingerprint density at radius 3 is 2.53 bits per heavy atom. The molecule has 0 spiro atoms. The molecule has 1 aliphatic rings. The standard InChI is InChI=1S/C22H17F4N3O2S/c23-16-10-9-13(11-15(16)22(24,25)26)27-20(31)14-7-4-8-17-18(14)28-21(32-17)29-19(30)12-5-2-1-3-6-12/h1-3,5-6,9-11,14H,4,7-8H2,(H,27,31)(H,28,29,30). The number of benzene rings is 2. The highest BCUT2D eigenvalue weighted by Gasteiger charge is 2.35. The second-order valence-corrected chi connectivity index (χ2v) is 8.36. The highest BCUT2D eigenvalue weighted by atomic mass is 32.1. The fourth-order valence-corrected chi connectivity index (χ4v) is 4.60. The van der Waals surface area contributed by atoms with Crippen molar-refractivity contribution in [2.45, 2.75) is 31.4 Å². The fourth-order valence-electron chi connectivity index (χ4n) is 3.54. The van der Waals surface area contributed by atoms with Crippen LogP contribution in [-0.4, -0.2) is 16.8 Å². The molecule has 0 saturated heterocycles. The molecule has 1 aromatic heterocycles. The molecule has 4 rings (SSSR count). The van der Waals surface area contributed by atoms with E-state index in [2.05, 4.69) is 15.6 Å². The number of halogens is 4. The second kappa shape index (κ2) is 8.70. The first-order valence-electron chi connectivity index (χ1n) is 9.76. The number of carbonyl (C=O) groups is 2. The molecular formula is C22H17F4N3O2S. The minimum absolute atomic E-state index is 0.149. The number of aromatic nitrogens is 1. The zero-order chi connectivity index (χ0) is 22.9. The van der Waals surface area contributed by atoms with Gasteiger partial charge in [0.1, 0.15) is 5.82 Å². The number of rotatable bonds is 4. The molecule has 0 saturated carbocycles. The molecule has 0 aliphatic heterocycles. The number of fused-ring (bicyclic) bond motifs is 1. The van der Waals surface area contributed by atoms with E-state index in [0.717, 1.165) is 10.9 Å². The molecule has 0 radical (unpaired) electrons. The van der Waals surface area contributed by atoms with Crippen molar-refractivity contribution in [1.29, 1.82) is 0 Å². The summed E-state index contributed by atoms with van der Waals surface area (Å²) in [5.41, 5.74) is -0.630. The Labute approximate surface area is 184 Å². The predicted molar refractivity (Wildman–Crippen MR) is 112 cm³/mol. The molecule has 32 heavy (non-hydrogen) atoms. The maximum absolute atomic E-state index is 13.5. The lowest BCUT2D eigenvalue weighted by atomic mass is 9.90. The van der Waals surface area contributed by atoms with E-state index in [9.17, 15) is 27.2 Å². The normalized spacial score (nSPS) is 15.7. The van der Waals surface area contributed by atoms with Crippen molar-refractivity contribution in [3.05, 3.63) is 76.0 Å². The SMILES string of the molecule is O=C(Nc1nc2c(s1)CCCC2C(=O)Nc1ccc(F)c(C(F)(F)F)c1)c1ccccc1. The number of anilines is 2. The van der Waals surface area contributed by atoms with E-state index in [-0.39, 0.29) is 11.6 Å². The summed E-state index contributed by atoms with van der Waals surface area (Å²) in [6, 6.07) is 10.9. The number of hydrogen-bond acceptors (Lipinski definition) is 4. The number of amides is 2. The van der Waals surface area contributed by atoms with Gasteiger partial charge in [0.25, 0.3) is 5.91 Å². The molecule has 2 N–H and O–H groups in total. The van der Waals surface area contributed by atoms with Gasteiger partial charge in [0, 0.05) is 16.1 Å². The van der Waals surface area contributed by atoms with Crippen molar-refractivity contribution < 1.29 is 27.2 Å². The van der Waals surface area contributed by atoms with Crippen molar-refractivity contribution in [3.8, 4) is 0 Å². The summed E-state index contributed by atoms with van der Waals surface area (Å²) < 4.78 is 52.4. The monoisotopic (exact) mass is 463 g/mol. The summed E-state index contributed by atoms with van der Waals surface area (Å²) in [6.45, 7) is 0. The Hall–Kier alpha value is -3.27. The van der Waals surface area contributed by atoms with Crippen LogP contribution in [0.2, 0.25) is 0 Å². The highest BCUT2D eigenvalue weighted by Crippen LogP contribution is 2.38. The zero-order valence-corrected chi connectivity index (χ0v) is 17.3. The Morgan fingerprint density at radius 2 is 1.81 bits per heavy atom. The van der Waals surface area contributed by atoms with Gasteiger partial charge >= 0.3 is 6.18 Å². The van der Waals surface area contributed by atoms with Crippen LogP contribution >= 0.6 is 11.3 Å². The van der Waals surface area contributed by atoms with Crippen LogP contribution in [0.1, 0.15) is 45.3 Å². The molecule has 0 bridgehead atoms. The topological polar surface area (TPSA) is 71.1 Å². The lowest BCUT2D eigenvalue weighted by molar-refractivity contribution is -0.140. The summed E-state index contributed by atoms with van der Waals surface area (Å²) in [5, 5.41) is 5.52. The van der Waals surface area contributed by atoms with Gasteiger partial charge in [0.2, 0.25) is 5.91 Å². The maximum Gasteiger partial charge on any atom is 0.419 e. The van der Waals surface area contributed by atoms with Gasteiger partial charge in [-0.05, 0) is 49.6 Å². The minimum atomic E-state index is -4.87. The molecule has 1 unspecified atom stereocenters. The number of thiazole rings is 1. The van der Waals surface area contributed by atoms with E-state index < -0.39 is 29.4 Å². The van der Waals surface area contributed by atoms with E-state index in [1.807, 2.05) is 0 Å². The van der Waals surface area contributed by atoms with Gasteiger partial charge in [-0.25, -0.2) is 9.37 Å². The highest BCUT2D eigenvalue weighted by molar-refractivity contribution is 7.16. The molecule has 166 valence electrons. The molecule has 2 aromatic carbocycles.